The van der Waals surface area contributed by atoms with Crippen molar-refractivity contribution >= 4 is 23.4 Å². The number of aryl methyl sites for hydroxylation is 2. The standard InChI is InChI=1S/C31H43N3O5/c1-7-15-32(16-8-2)28(36)25-24-13-14-31(39-24)26(25)29(37)34(22(10-4)19-35)27(31)30(38)33(17-9-3)23-18-20(5)11-12-21(23)6/h7,9,11-12,18,22,24-27,35H,1,3,8,10,13-17,19H2,2,4-6H3/t22-,24+,25-,26-,27?,31?/m0/s1. The number of amides is 3. The number of carbonyl (C=O) groups is 3. The fraction of sp³-hybridized carbons (Fsp3) is 0.581. The number of carbonyl (C=O) groups excluding carboxylic acids is 3. The second-order valence-electron chi connectivity index (χ2n) is 11.1. The molecule has 0 aromatic heterocycles. The minimum absolute atomic E-state index is 0.121. The number of fused-ring (bicyclic) bond motifs is 1. The van der Waals surface area contributed by atoms with Gasteiger partial charge in [-0.05, 0) is 56.7 Å². The molecule has 2 unspecified atom stereocenters. The average Bonchev–Trinajstić information content (AvgIpc) is 3.56. The summed E-state index contributed by atoms with van der Waals surface area (Å²) in [5.74, 6) is -2.10. The highest BCUT2D eigenvalue weighted by Gasteiger charge is 2.75. The van der Waals surface area contributed by atoms with E-state index in [4.69, 9.17) is 4.74 Å². The Kier molecular flexibility index (Phi) is 8.66. The summed E-state index contributed by atoms with van der Waals surface area (Å²) in [6.45, 7) is 16.4. The molecule has 1 spiro atoms. The zero-order valence-electron chi connectivity index (χ0n) is 23.8. The highest BCUT2D eigenvalue weighted by Crippen LogP contribution is 2.59. The Bertz CT molecular complexity index is 1130. The molecular formula is C31H43N3O5. The first-order chi connectivity index (χ1) is 18.7. The van der Waals surface area contributed by atoms with Crippen molar-refractivity contribution in [1.82, 2.24) is 9.80 Å². The number of benzene rings is 1. The van der Waals surface area contributed by atoms with Gasteiger partial charge in [0.2, 0.25) is 11.8 Å². The summed E-state index contributed by atoms with van der Waals surface area (Å²) in [4.78, 5) is 47.8. The first kappa shape index (κ1) is 29.0. The van der Waals surface area contributed by atoms with Gasteiger partial charge in [0.05, 0.1) is 30.6 Å². The van der Waals surface area contributed by atoms with E-state index < -0.39 is 35.6 Å². The van der Waals surface area contributed by atoms with Gasteiger partial charge in [-0.15, -0.1) is 13.2 Å². The minimum atomic E-state index is -1.12. The fourth-order valence-corrected chi connectivity index (χ4v) is 6.98. The third-order valence-electron chi connectivity index (χ3n) is 8.72. The van der Waals surface area contributed by atoms with Gasteiger partial charge < -0.3 is 24.5 Å². The molecule has 1 aromatic rings. The van der Waals surface area contributed by atoms with Gasteiger partial charge in [0.25, 0.3) is 5.91 Å². The summed E-state index contributed by atoms with van der Waals surface area (Å²) in [5, 5.41) is 10.3. The van der Waals surface area contributed by atoms with E-state index in [-0.39, 0.29) is 30.9 Å². The molecule has 3 heterocycles. The Morgan fingerprint density at radius 3 is 2.54 bits per heavy atom. The maximum absolute atomic E-state index is 14.6. The maximum atomic E-state index is 14.6. The average molecular weight is 538 g/mol. The molecule has 6 atom stereocenters. The highest BCUT2D eigenvalue weighted by molar-refractivity contribution is 6.05. The molecule has 2 bridgehead atoms. The van der Waals surface area contributed by atoms with Gasteiger partial charge in [0.1, 0.15) is 11.6 Å². The molecule has 0 aliphatic carbocycles. The Morgan fingerprint density at radius 2 is 1.92 bits per heavy atom. The molecule has 3 amide bonds. The number of likely N-dealkylation sites (tertiary alicyclic amines) is 1. The molecule has 1 N–H and O–H groups in total. The van der Waals surface area contributed by atoms with Crippen LogP contribution in [0.4, 0.5) is 5.69 Å². The van der Waals surface area contributed by atoms with E-state index in [2.05, 4.69) is 13.2 Å². The second-order valence-corrected chi connectivity index (χ2v) is 11.1. The molecule has 212 valence electrons. The molecule has 3 saturated heterocycles. The van der Waals surface area contributed by atoms with E-state index in [0.717, 1.165) is 23.2 Å². The van der Waals surface area contributed by atoms with Gasteiger partial charge in [0, 0.05) is 25.3 Å². The zero-order chi connectivity index (χ0) is 28.5. The monoisotopic (exact) mass is 537 g/mol. The first-order valence-electron chi connectivity index (χ1n) is 14.2. The highest BCUT2D eigenvalue weighted by atomic mass is 16.5. The van der Waals surface area contributed by atoms with Crippen molar-refractivity contribution in [1.29, 1.82) is 0 Å². The van der Waals surface area contributed by atoms with Crippen molar-refractivity contribution in [2.45, 2.75) is 77.2 Å². The number of nitrogens with zero attached hydrogens (tertiary/aromatic N) is 3. The van der Waals surface area contributed by atoms with Crippen LogP contribution in [0, 0.1) is 25.7 Å². The number of rotatable bonds is 12. The Hall–Kier alpha value is -2.97. The molecule has 8 nitrogen and oxygen atoms in total. The Balaban J connectivity index is 1.82. The van der Waals surface area contributed by atoms with Crippen LogP contribution in [-0.2, 0) is 19.1 Å². The molecule has 1 aromatic carbocycles. The number of ether oxygens (including phenoxy) is 1. The van der Waals surface area contributed by atoms with E-state index in [9.17, 15) is 19.5 Å². The Morgan fingerprint density at radius 1 is 1.21 bits per heavy atom. The predicted octanol–water partition coefficient (Wildman–Crippen LogP) is 3.39. The normalized spacial score (nSPS) is 27.8. The SMILES string of the molecule is C=CCN(CCC)C(=O)[C@@H]1[C@H]2C(=O)N([C@@H](CC)CO)C(C(=O)N(CC=C)c3cc(C)ccc3C)C23CC[C@H]1O3. The quantitative estimate of drug-likeness (QED) is 0.413. The van der Waals surface area contributed by atoms with Crippen LogP contribution in [0.2, 0.25) is 0 Å². The van der Waals surface area contributed by atoms with Crippen molar-refractivity contribution < 1.29 is 24.2 Å². The van der Waals surface area contributed by atoms with Gasteiger partial charge in [-0.3, -0.25) is 14.4 Å². The van der Waals surface area contributed by atoms with E-state index in [1.54, 1.807) is 26.9 Å². The van der Waals surface area contributed by atoms with Crippen LogP contribution in [0.15, 0.2) is 43.5 Å². The Labute approximate surface area is 232 Å². The summed E-state index contributed by atoms with van der Waals surface area (Å²) in [6.07, 6.45) is 5.32. The fourth-order valence-electron chi connectivity index (χ4n) is 6.98. The molecule has 0 radical (unpaired) electrons. The lowest BCUT2D eigenvalue weighted by atomic mass is 9.70. The predicted molar refractivity (Wildman–Crippen MR) is 151 cm³/mol. The third kappa shape index (κ3) is 4.72. The third-order valence-corrected chi connectivity index (χ3v) is 8.72. The topological polar surface area (TPSA) is 90.4 Å². The van der Waals surface area contributed by atoms with Crippen molar-refractivity contribution in [3.8, 4) is 0 Å². The lowest BCUT2D eigenvalue weighted by Gasteiger charge is -2.39. The van der Waals surface area contributed by atoms with Crippen molar-refractivity contribution in [2.75, 3.05) is 31.1 Å². The number of hydrogen-bond donors (Lipinski definition) is 1. The molecule has 4 rings (SSSR count). The first-order valence-corrected chi connectivity index (χ1v) is 14.2. The van der Waals surface area contributed by atoms with Crippen LogP contribution in [0.3, 0.4) is 0 Å². The van der Waals surface area contributed by atoms with Crippen LogP contribution < -0.4 is 4.90 Å². The summed E-state index contributed by atoms with van der Waals surface area (Å²) in [6, 6.07) is 4.43. The number of aliphatic hydroxyl groups excluding tert-OH is 1. The van der Waals surface area contributed by atoms with E-state index >= 15 is 0 Å². The smallest absolute Gasteiger partial charge is 0.253 e. The van der Waals surface area contributed by atoms with Gasteiger partial charge in [-0.2, -0.15) is 0 Å². The summed E-state index contributed by atoms with van der Waals surface area (Å²) >= 11 is 0. The van der Waals surface area contributed by atoms with Crippen LogP contribution >= 0.6 is 0 Å². The molecule has 3 aliphatic heterocycles. The molecular weight excluding hydrogens is 494 g/mol. The van der Waals surface area contributed by atoms with Crippen LogP contribution in [0.5, 0.6) is 0 Å². The molecule has 3 aliphatic rings. The number of anilines is 1. The van der Waals surface area contributed by atoms with Gasteiger partial charge >= 0.3 is 0 Å². The van der Waals surface area contributed by atoms with E-state index in [1.165, 1.54) is 0 Å². The minimum Gasteiger partial charge on any atom is -0.394 e. The summed E-state index contributed by atoms with van der Waals surface area (Å²) in [5.41, 5.74) is 1.57. The number of hydrogen-bond acceptors (Lipinski definition) is 5. The van der Waals surface area contributed by atoms with Gasteiger partial charge in [0.15, 0.2) is 0 Å². The van der Waals surface area contributed by atoms with Crippen LogP contribution in [-0.4, -0.2) is 82.7 Å². The molecule has 0 saturated carbocycles. The van der Waals surface area contributed by atoms with Crippen LogP contribution in [0.25, 0.3) is 0 Å². The summed E-state index contributed by atoms with van der Waals surface area (Å²) < 4.78 is 6.62. The second kappa shape index (κ2) is 11.6. The largest absolute Gasteiger partial charge is 0.394 e. The van der Waals surface area contributed by atoms with Gasteiger partial charge in [-0.1, -0.05) is 38.1 Å². The molecule has 8 heteroatoms. The lowest BCUT2D eigenvalue weighted by molar-refractivity contribution is -0.147. The van der Waals surface area contributed by atoms with Crippen molar-refractivity contribution in [2.24, 2.45) is 11.8 Å². The van der Waals surface area contributed by atoms with Crippen molar-refractivity contribution in [3.63, 3.8) is 0 Å². The summed E-state index contributed by atoms with van der Waals surface area (Å²) in [7, 11) is 0. The maximum Gasteiger partial charge on any atom is 0.253 e. The number of aliphatic hydroxyl groups is 1. The van der Waals surface area contributed by atoms with E-state index in [1.807, 2.05) is 45.9 Å². The zero-order valence-corrected chi connectivity index (χ0v) is 23.8. The molecule has 3 fully saturated rings. The van der Waals surface area contributed by atoms with Crippen molar-refractivity contribution in [3.05, 3.63) is 54.6 Å². The lowest BCUT2D eigenvalue weighted by Crippen LogP contribution is -2.59. The van der Waals surface area contributed by atoms with E-state index in [0.29, 0.717) is 32.4 Å². The van der Waals surface area contributed by atoms with Crippen LogP contribution in [0.1, 0.15) is 50.7 Å². The van der Waals surface area contributed by atoms with Gasteiger partial charge in [-0.25, -0.2) is 0 Å². The molecule has 39 heavy (non-hydrogen) atoms.